The topological polar surface area (TPSA) is 41.6 Å². The van der Waals surface area contributed by atoms with E-state index >= 15 is 0 Å². The number of esters is 1. The molecule has 29 heavy (non-hydrogen) atoms. The van der Waals surface area contributed by atoms with Crippen molar-refractivity contribution in [2.75, 3.05) is 13.6 Å². The van der Waals surface area contributed by atoms with Gasteiger partial charge in [0.1, 0.15) is 12.1 Å². The number of rotatable bonds is 11. The van der Waals surface area contributed by atoms with Crippen LogP contribution in [0.15, 0.2) is 0 Å². The minimum absolute atomic E-state index is 0.0101. The zero-order valence-corrected chi connectivity index (χ0v) is 21.0. The lowest BCUT2D eigenvalue weighted by Gasteiger charge is -2.55. The van der Waals surface area contributed by atoms with Crippen molar-refractivity contribution in [3.8, 4) is 0 Å². The molecule has 1 rings (SSSR count). The zero-order chi connectivity index (χ0) is 22.3. The molecule has 0 aliphatic carbocycles. The summed E-state index contributed by atoms with van der Waals surface area (Å²) in [7, 11) is 1.86. The zero-order valence-electron chi connectivity index (χ0n) is 21.0. The predicted octanol–water partition coefficient (Wildman–Crippen LogP) is 5.94. The summed E-state index contributed by atoms with van der Waals surface area (Å²) in [5, 5.41) is 3.16. The molecule has 1 N–H and O–H groups in total. The Bertz CT molecular complexity index is 476. The normalized spacial score (nSPS) is 21.1. The SMILES string of the molecule is CCCCCCCCN1C(C)(C)CC(OC(=O)C(CC(C)(C)C)NC)CC1(C)C. The number of likely N-dealkylation sites (N-methyl/N-ethyl adjacent to an activating group) is 1. The molecule has 1 unspecified atom stereocenters. The van der Waals surface area contributed by atoms with Crippen molar-refractivity contribution < 1.29 is 9.53 Å². The van der Waals surface area contributed by atoms with Gasteiger partial charge in [0.15, 0.2) is 0 Å². The number of unbranched alkanes of at least 4 members (excludes halogenated alkanes) is 5. The van der Waals surface area contributed by atoms with Gasteiger partial charge in [-0.2, -0.15) is 0 Å². The third-order valence-electron chi connectivity index (χ3n) is 6.38. The van der Waals surface area contributed by atoms with E-state index in [2.05, 4.69) is 65.6 Å². The summed E-state index contributed by atoms with van der Waals surface area (Å²) in [6.07, 6.45) is 10.5. The molecule has 172 valence electrons. The van der Waals surface area contributed by atoms with E-state index < -0.39 is 0 Å². The van der Waals surface area contributed by atoms with Gasteiger partial charge in [0.05, 0.1) is 0 Å². The highest BCUT2D eigenvalue weighted by molar-refractivity contribution is 5.76. The number of carbonyl (C=O) groups excluding carboxylic acids is 1. The maximum Gasteiger partial charge on any atom is 0.323 e. The molecule has 1 aliphatic rings. The molecule has 0 amide bonds. The number of hydrogen-bond donors (Lipinski definition) is 1. The fourth-order valence-electron chi connectivity index (χ4n) is 5.13. The Hall–Kier alpha value is -0.610. The molecule has 1 aliphatic heterocycles. The highest BCUT2D eigenvalue weighted by Crippen LogP contribution is 2.40. The predicted molar refractivity (Wildman–Crippen MR) is 124 cm³/mol. The van der Waals surface area contributed by atoms with E-state index in [-0.39, 0.29) is 34.6 Å². The van der Waals surface area contributed by atoms with Crippen LogP contribution < -0.4 is 5.32 Å². The molecule has 1 atom stereocenters. The molecule has 0 radical (unpaired) electrons. The molecular formula is C25H50N2O2. The van der Waals surface area contributed by atoms with Crippen LogP contribution in [-0.4, -0.2) is 47.7 Å². The average Bonchev–Trinajstić information content (AvgIpc) is 2.55. The minimum atomic E-state index is -0.234. The molecule has 0 saturated carbocycles. The number of hydrogen-bond acceptors (Lipinski definition) is 4. The van der Waals surface area contributed by atoms with E-state index in [0.29, 0.717) is 0 Å². The quantitative estimate of drug-likeness (QED) is 0.338. The highest BCUT2D eigenvalue weighted by Gasteiger charge is 2.46. The first-order valence-corrected chi connectivity index (χ1v) is 12.0. The van der Waals surface area contributed by atoms with Crippen molar-refractivity contribution in [2.24, 2.45) is 5.41 Å². The number of ether oxygens (including phenoxy) is 1. The first-order valence-electron chi connectivity index (χ1n) is 12.0. The summed E-state index contributed by atoms with van der Waals surface area (Å²) in [5.41, 5.74) is 0.163. The summed E-state index contributed by atoms with van der Waals surface area (Å²) < 4.78 is 6.05. The van der Waals surface area contributed by atoms with Crippen LogP contribution in [-0.2, 0) is 9.53 Å². The van der Waals surface area contributed by atoms with Crippen LogP contribution in [0, 0.1) is 5.41 Å². The molecule has 0 aromatic rings. The van der Waals surface area contributed by atoms with Crippen molar-refractivity contribution in [3.05, 3.63) is 0 Å². The van der Waals surface area contributed by atoms with E-state index in [0.717, 1.165) is 25.8 Å². The smallest absolute Gasteiger partial charge is 0.323 e. The average molecular weight is 411 g/mol. The molecule has 4 heteroatoms. The molecule has 0 bridgehead atoms. The monoisotopic (exact) mass is 410 g/mol. The first kappa shape index (κ1) is 26.4. The lowest BCUT2D eigenvalue weighted by Crippen LogP contribution is -2.62. The van der Waals surface area contributed by atoms with Crippen molar-refractivity contribution in [1.82, 2.24) is 10.2 Å². The van der Waals surface area contributed by atoms with Gasteiger partial charge >= 0.3 is 5.97 Å². The number of nitrogens with one attached hydrogen (secondary N) is 1. The Labute approximate surface area is 181 Å². The van der Waals surface area contributed by atoms with Gasteiger partial charge in [0, 0.05) is 23.9 Å². The van der Waals surface area contributed by atoms with E-state index in [1.54, 1.807) is 0 Å². The minimum Gasteiger partial charge on any atom is -0.461 e. The van der Waals surface area contributed by atoms with E-state index in [9.17, 15) is 4.79 Å². The lowest BCUT2D eigenvalue weighted by atomic mass is 9.77. The molecule has 4 nitrogen and oxygen atoms in total. The Morgan fingerprint density at radius 1 is 1.03 bits per heavy atom. The fourth-order valence-corrected chi connectivity index (χ4v) is 5.13. The lowest BCUT2D eigenvalue weighted by molar-refractivity contribution is -0.163. The Morgan fingerprint density at radius 2 is 1.55 bits per heavy atom. The van der Waals surface area contributed by atoms with Crippen LogP contribution in [0.1, 0.15) is 113 Å². The van der Waals surface area contributed by atoms with Crippen molar-refractivity contribution in [3.63, 3.8) is 0 Å². The summed E-state index contributed by atoms with van der Waals surface area (Å²) >= 11 is 0. The van der Waals surface area contributed by atoms with E-state index in [1.807, 2.05) is 7.05 Å². The fraction of sp³-hybridized carbons (Fsp3) is 0.960. The van der Waals surface area contributed by atoms with Gasteiger partial charge in [-0.05, 0) is 59.5 Å². The third kappa shape index (κ3) is 8.96. The van der Waals surface area contributed by atoms with Crippen LogP contribution in [0.3, 0.4) is 0 Å². The molecule has 0 spiro atoms. The Kier molecular flexibility index (Phi) is 10.1. The number of likely N-dealkylation sites (tertiary alicyclic amines) is 1. The molecule has 1 heterocycles. The van der Waals surface area contributed by atoms with Crippen molar-refractivity contribution in [1.29, 1.82) is 0 Å². The molecule has 0 aromatic carbocycles. The Morgan fingerprint density at radius 3 is 2.03 bits per heavy atom. The molecule has 1 saturated heterocycles. The van der Waals surface area contributed by atoms with Gasteiger partial charge in [-0.15, -0.1) is 0 Å². The van der Waals surface area contributed by atoms with Gasteiger partial charge in [-0.25, -0.2) is 0 Å². The third-order valence-corrected chi connectivity index (χ3v) is 6.38. The Balaban J connectivity index is 2.66. The highest BCUT2D eigenvalue weighted by atomic mass is 16.5. The second-order valence-corrected chi connectivity index (χ2v) is 11.6. The van der Waals surface area contributed by atoms with Crippen LogP contribution in [0.2, 0.25) is 0 Å². The van der Waals surface area contributed by atoms with Crippen LogP contribution in [0.4, 0.5) is 0 Å². The standard InChI is InChI=1S/C25H50N2O2/c1-10-11-12-13-14-15-16-27-24(5,6)17-20(18-25(27,7)8)29-22(28)21(26-9)19-23(2,3)4/h20-21,26H,10-19H2,1-9H3. The van der Waals surface area contributed by atoms with Crippen molar-refractivity contribution >= 4 is 5.97 Å². The van der Waals surface area contributed by atoms with Gasteiger partial charge in [0.25, 0.3) is 0 Å². The van der Waals surface area contributed by atoms with Crippen molar-refractivity contribution in [2.45, 2.75) is 136 Å². The van der Waals surface area contributed by atoms with E-state index in [1.165, 1.54) is 38.5 Å². The number of piperidine rings is 1. The first-order chi connectivity index (χ1) is 13.3. The van der Waals surface area contributed by atoms with Gasteiger partial charge in [-0.1, -0.05) is 59.8 Å². The molecule has 1 fully saturated rings. The van der Waals surface area contributed by atoms with Gasteiger partial charge in [-0.3, -0.25) is 9.69 Å². The molecule has 0 aromatic heterocycles. The van der Waals surface area contributed by atoms with E-state index in [4.69, 9.17) is 4.74 Å². The second kappa shape index (κ2) is 11.1. The maximum absolute atomic E-state index is 12.8. The summed E-state index contributed by atoms with van der Waals surface area (Å²) in [5.74, 6) is -0.0941. The maximum atomic E-state index is 12.8. The van der Waals surface area contributed by atoms with Gasteiger partial charge < -0.3 is 10.1 Å². The number of nitrogens with zero attached hydrogens (tertiary/aromatic N) is 1. The van der Waals surface area contributed by atoms with Crippen LogP contribution in [0.5, 0.6) is 0 Å². The summed E-state index contributed by atoms with van der Waals surface area (Å²) in [6, 6.07) is -0.234. The van der Waals surface area contributed by atoms with Gasteiger partial charge in [0.2, 0.25) is 0 Å². The van der Waals surface area contributed by atoms with Crippen LogP contribution >= 0.6 is 0 Å². The number of carbonyl (C=O) groups is 1. The summed E-state index contributed by atoms with van der Waals surface area (Å²) in [6.45, 7) is 19.2. The second-order valence-electron chi connectivity index (χ2n) is 11.6. The van der Waals surface area contributed by atoms with Crippen LogP contribution in [0.25, 0.3) is 0 Å². The summed E-state index contributed by atoms with van der Waals surface area (Å²) in [4.78, 5) is 15.5. The largest absolute Gasteiger partial charge is 0.461 e. The molecular weight excluding hydrogens is 360 g/mol.